The smallest absolute Gasteiger partial charge is 0.253 e. The van der Waals surface area contributed by atoms with Crippen LogP contribution in [0.1, 0.15) is 48.9 Å². The van der Waals surface area contributed by atoms with E-state index in [4.69, 9.17) is 4.74 Å². The Morgan fingerprint density at radius 3 is 2.28 bits per heavy atom. The number of hydrogen-bond donors (Lipinski definition) is 0. The lowest BCUT2D eigenvalue weighted by Gasteiger charge is -2.43. The summed E-state index contributed by atoms with van der Waals surface area (Å²) in [4.78, 5) is 30.1. The van der Waals surface area contributed by atoms with Crippen molar-refractivity contribution in [1.29, 1.82) is 0 Å². The number of rotatable bonds is 6. The average molecular weight is 439 g/mol. The first kappa shape index (κ1) is 22.3. The summed E-state index contributed by atoms with van der Waals surface area (Å²) in [5.74, 6) is 0.385. The van der Waals surface area contributed by atoms with Crippen LogP contribution < -0.4 is 4.74 Å². The first-order valence-corrected chi connectivity index (χ1v) is 11.6. The topological polar surface area (TPSA) is 49.9 Å². The van der Waals surface area contributed by atoms with E-state index in [1.807, 2.05) is 40.1 Å². The normalized spacial score (nSPS) is 21.3. The molecule has 32 heavy (non-hydrogen) atoms. The Bertz CT molecular complexity index is 912. The standard InChI is InChI=1S/C26H31FN2O3/c27-22-10-12-23(13-11-22)32-20-26(18-24(30)28-15-5-2-6-16-28)14-7-17-29(19-26)25(31)21-8-3-1-4-9-21/h1,3-4,8-13H,2,5-7,14-20H2. The van der Waals surface area contributed by atoms with Crippen molar-refractivity contribution in [3.8, 4) is 5.75 Å². The zero-order valence-corrected chi connectivity index (χ0v) is 18.5. The molecule has 2 fully saturated rings. The van der Waals surface area contributed by atoms with Gasteiger partial charge in [0.15, 0.2) is 0 Å². The van der Waals surface area contributed by atoms with Gasteiger partial charge >= 0.3 is 0 Å². The Morgan fingerprint density at radius 1 is 0.875 bits per heavy atom. The highest BCUT2D eigenvalue weighted by molar-refractivity contribution is 5.94. The van der Waals surface area contributed by atoms with Crippen molar-refractivity contribution < 1.29 is 18.7 Å². The first-order valence-electron chi connectivity index (χ1n) is 11.6. The summed E-state index contributed by atoms with van der Waals surface area (Å²) in [7, 11) is 0. The molecule has 2 aliphatic heterocycles. The Kier molecular flexibility index (Phi) is 7.08. The predicted octanol–water partition coefficient (Wildman–Crippen LogP) is 4.53. The number of ether oxygens (including phenoxy) is 1. The van der Waals surface area contributed by atoms with Crippen molar-refractivity contribution in [2.75, 3.05) is 32.8 Å². The number of carbonyl (C=O) groups is 2. The second kappa shape index (κ2) is 10.2. The summed E-state index contributed by atoms with van der Waals surface area (Å²) in [6, 6.07) is 15.2. The molecule has 2 aromatic rings. The van der Waals surface area contributed by atoms with Crippen molar-refractivity contribution in [3.63, 3.8) is 0 Å². The maximum absolute atomic E-state index is 13.3. The molecule has 6 heteroatoms. The number of likely N-dealkylation sites (tertiary alicyclic amines) is 2. The van der Waals surface area contributed by atoms with E-state index in [0.717, 1.165) is 38.8 Å². The van der Waals surface area contributed by atoms with Gasteiger partial charge in [-0.2, -0.15) is 0 Å². The molecule has 0 aromatic heterocycles. The van der Waals surface area contributed by atoms with Crippen molar-refractivity contribution in [2.45, 2.75) is 38.5 Å². The van der Waals surface area contributed by atoms with E-state index in [1.54, 1.807) is 12.1 Å². The van der Waals surface area contributed by atoms with Gasteiger partial charge in [-0.05, 0) is 68.5 Å². The Labute approximate surface area is 189 Å². The highest BCUT2D eigenvalue weighted by atomic mass is 19.1. The predicted molar refractivity (Wildman–Crippen MR) is 121 cm³/mol. The van der Waals surface area contributed by atoms with Crippen LogP contribution in [0.5, 0.6) is 5.75 Å². The van der Waals surface area contributed by atoms with Gasteiger partial charge in [0.1, 0.15) is 11.6 Å². The van der Waals surface area contributed by atoms with Gasteiger partial charge in [0.2, 0.25) is 5.91 Å². The summed E-state index contributed by atoms with van der Waals surface area (Å²) in [6.07, 6.45) is 5.24. The van der Waals surface area contributed by atoms with Crippen LogP contribution in [0.15, 0.2) is 54.6 Å². The van der Waals surface area contributed by atoms with E-state index in [9.17, 15) is 14.0 Å². The molecular weight excluding hydrogens is 407 g/mol. The molecule has 0 aliphatic carbocycles. The van der Waals surface area contributed by atoms with E-state index in [0.29, 0.717) is 37.4 Å². The Balaban J connectivity index is 1.52. The third kappa shape index (κ3) is 5.47. The van der Waals surface area contributed by atoms with Crippen LogP contribution in [0.2, 0.25) is 0 Å². The van der Waals surface area contributed by atoms with Crippen LogP contribution in [-0.4, -0.2) is 54.4 Å². The molecule has 2 aliphatic rings. The maximum atomic E-state index is 13.3. The van der Waals surface area contributed by atoms with Crippen LogP contribution in [-0.2, 0) is 4.79 Å². The summed E-state index contributed by atoms with van der Waals surface area (Å²) in [5.41, 5.74) is 0.191. The second-order valence-corrected chi connectivity index (χ2v) is 9.06. The van der Waals surface area contributed by atoms with Gasteiger partial charge in [0.25, 0.3) is 5.91 Å². The lowest BCUT2D eigenvalue weighted by atomic mass is 9.77. The second-order valence-electron chi connectivity index (χ2n) is 9.06. The molecule has 1 unspecified atom stereocenters. The SMILES string of the molecule is O=C(CC1(COc2ccc(F)cc2)CCCN(C(=O)c2ccccc2)C1)N1CCCCC1. The number of benzene rings is 2. The Hall–Kier alpha value is -2.89. The van der Waals surface area contributed by atoms with Gasteiger partial charge in [-0.1, -0.05) is 18.2 Å². The van der Waals surface area contributed by atoms with E-state index in [2.05, 4.69) is 0 Å². The third-order valence-corrected chi connectivity index (χ3v) is 6.56. The van der Waals surface area contributed by atoms with E-state index in [1.165, 1.54) is 18.6 Å². The zero-order chi connectivity index (χ0) is 22.4. The maximum Gasteiger partial charge on any atom is 0.253 e. The number of carbonyl (C=O) groups excluding carboxylic acids is 2. The molecule has 0 spiro atoms. The van der Waals surface area contributed by atoms with Crippen LogP contribution in [0.3, 0.4) is 0 Å². The average Bonchev–Trinajstić information content (AvgIpc) is 2.84. The molecule has 0 bridgehead atoms. The minimum Gasteiger partial charge on any atom is -0.493 e. The number of nitrogens with zero attached hydrogens (tertiary/aromatic N) is 2. The fourth-order valence-corrected chi connectivity index (χ4v) is 4.80. The van der Waals surface area contributed by atoms with Crippen molar-refractivity contribution in [3.05, 3.63) is 66.0 Å². The fraction of sp³-hybridized carbons (Fsp3) is 0.462. The molecule has 2 aromatic carbocycles. The van der Waals surface area contributed by atoms with Crippen LogP contribution in [0.4, 0.5) is 4.39 Å². The van der Waals surface area contributed by atoms with Gasteiger partial charge in [0, 0.05) is 43.6 Å². The molecule has 2 saturated heterocycles. The van der Waals surface area contributed by atoms with Crippen molar-refractivity contribution in [2.24, 2.45) is 5.41 Å². The number of halogens is 1. The lowest BCUT2D eigenvalue weighted by Crippen LogP contribution is -2.51. The highest BCUT2D eigenvalue weighted by Crippen LogP contribution is 2.36. The van der Waals surface area contributed by atoms with Gasteiger partial charge in [-0.15, -0.1) is 0 Å². The van der Waals surface area contributed by atoms with Crippen LogP contribution in [0.25, 0.3) is 0 Å². The minimum absolute atomic E-state index is 0.0121. The molecule has 0 N–H and O–H groups in total. The lowest BCUT2D eigenvalue weighted by molar-refractivity contribution is -0.136. The van der Waals surface area contributed by atoms with Gasteiger partial charge in [-0.25, -0.2) is 4.39 Å². The molecular formula is C26H31FN2O3. The Morgan fingerprint density at radius 2 is 1.56 bits per heavy atom. The molecule has 4 rings (SSSR count). The zero-order valence-electron chi connectivity index (χ0n) is 18.5. The largest absolute Gasteiger partial charge is 0.493 e. The van der Waals surface area contributed by atoms with Crippen molar-refractivity contribution >= 4 is 11.8 Å². The molecule has 2 heterocycles. The van der Waals surface area contributed by atoms with Crippen LogP contribution >= 0.6 is 0 Å². The number of amides is 2. The molecule has 5 nitrogen and oxygen atoms in total. The van der Waals surface area contributed by atoms with E-state index >= 15 is 0 Å². The summed E-state index contributed by atoms with van der Waals surface area (Å²) < 4.78 is 19.3. The summed E-state index contributed by atoms with van der Waals surface area (Å²) in [6.45, 7) is 3.07. The third-order valence-electron chi connectivity index (χ3n) is 6.56. The van der Waals surface area contributed by atoms with E-state index in [-0.39, 0.29) is 17.6 Å². The van der Waals surface area contributed by atoms with Crippen molar-refractivity contribution in [1.82, 2.24) is 9.80 Å². The van der Waals surface area contributed by atoms with Gasteiger partial charge < -0.3 is 14.5 Å². The van der Waals surface area contributed by atoms with E-state index < -0.39 is 5.41 Å². The van der Waals surface area contributed by atoms with Crippen LogP contribution in [0, 0.1) is 11.2 Å². The fourth-order valence-electron chi connectivity index (χ4n) is 4.80. The van der Waals surface area contributed by atoms with Gasteiger partial charge in [0.05, 0.1) is 6.61 Å². The van der Waals surface area contributed by atoms with Gasteiger partial charge in [-0.3, -0.25) is 9.59 Å². The minimum atomic E-state index is -0.467. The highest BCUT2D eigenvalue weighted by Gasteiger charge is 2.41. The molecule has 1 atom stereocenters. The number of piperidine rings is 2. The molecule has 0 radical (unpaired) electrons. The number of hydrogen-bond acceptors (Lipinski definition) is 3. The summed E-state index contributed by atoms with van der Waals surface area (Å²) in [5, 5.41) is 0. The summed E-state index contributed by atoms with van der Waals surface area (Å²) >= 11 is 0. The quantitative estimate of drug-likeness (QED) is 0.666. The molecule has 0 saturated carbocycles. The monoisotopic (exact) mass is 438 g/mol. The molecule has 170 valence electrons. The first-order chi connectivity index (χ1) is 15.5. The molecule has 2 amide bonds.